The van der Waals surface area contributed by atoms with Gasteiger partial charge in [0.15, 0.2) is 0 Å². The molecule has 2 aliphatic rings. The summed E-state index contributed by atoms with van der Waals surface area (Å²) in [7, 11) is 0. The lowest BCUT2D eigenvalue weighted by atomic mass is 9.78. The van der Waals surface area contributed by atoms with Crippen molar-refractivity contribution in [3.63, 3.8) is 0 Å². The highest BCUT2D eigenvalue weighted by Gasteiger charge is 2.60. The maximum Gasteiger partial charge on any atom is 0.325 e. The number of fused-ring (bicyclic) bond motifs is 4. The minimum absolute atomic E-state index is 0.332. The molecule has 6 nitrogen and oxygen atoms in total. The second-order valence-electron chi connectivity index (χ2n) is 7.91. The summed E-state index contributed by atoms with van der Waals surface area (Å²) in [5, 5.41) is 6.41. The normalized spacial score (nSPS) is 23.6. The predicted molar refractivity (Wildman–Crippen MR) is 119 cm³/mol. The number of rotatable bonds is 3. The molecule has 0 radical (unpaired) electrons. The Hall–Kier alpha value is -3.58. The number of ether oxygens (including phenoxy) is 1. The molecule has 0 aromatic heterocycles. The number of urea groups is 1. The molecule has 0 aliphatic carbocycles. The lowest BCUT2D eigenvalue weighted by Crippen LogP contribution is -2.72. The third-order valence-electron chi connectivity index (χ3n) is 5.89. The van der Waals surface area contributed by atoms with Gasteiger partial charge in [-0.15, -0.1) is 0 Å². The molecule has 0 unspecified atom stereocenters. The summed E-state index contributed by atoms with van der Waals surface area (Å²) >= 11 is 5.95. The van der Waals surface area contributed by atoms with E-state index in [-0.39, 0.29) is 5.91 Å². The van der Waals surface area contributed by atoms with Gasteiger partial charge in [0, 0.05) is 22.0 Å². The summed E-state index contributed by atoms with van der Waals surface area (Å²) in [4.78, 5) is 28.1. The van der Waals surface area contributed by atoms with E-state index >= 15 is 0 Å². The molecule has 3 aromatic rings. The fourth-order valence-electron chi connectivity index (χ4n) is 4.46. The van der Waals surface area contributed by atoms with Crippen molar-refractivity contribution < 1.29 is 18.7 Å². The van der Waals surface area contributed by atoms with Crippen LogP contribution in [0.5, 0.6) is 5.75 Å². The Kier molecular flexibility index (Phi) is 4.78. The molecule has 3 aromatic carbocycles. The molecular weight excluding hydrogens is 433 g/mol. The zero-order chi connectivity index (χ0) is 22.5. The molecule has 32 heavy (non-hydrogen) atoms. The molecule has 1 fully saturated rings. The Morgan fingerprint density at radius 2 is 1.78 bits per heavy atom. The van der Waals surface area contributed by atoms with Crippen LogP contribution in [0.25, 0.3) is 0 Å². The van der Waals surface area contributed by atoms with Gasteiger partial charge >= 0.3 is 6.03 Å². The lowest BCUT2D eigenvalue weighted by molar-refractivity contribution is -0.131. The van der Waals surface area contributed by atoms with Crippen molar-refractivity contribution >= 4 is 34.9 Å². The van der Waals surface area contributed by atoms with Gasteiger partial charge in [-0.2, -0.15) is 0 Å². The maximum atomic E-state index is 13.6. The standard InChI is InChI=1S/C24H19ClFN3O3/c1-24-20(22(30)27-16-10-6-14(25)7-11-16)21(18-4-2-3-5-19(18)32-24)28-23(31)29(24)17-12-8-15(26)9-13-17/h2-13,20-21H,1H3,(H,27,30)(H,28,31)/t20-,21+,24-/m0/s1. The first-order valence-corrected chi connectivity index (χ1v) is 10.5. The first-order valence-electron chi connectivity index (χ1n) is 10.1. The summed E-state index contributed by atoms with van der Waals surface area (Å²) in [6.45, 7) is 1.70. The Morgan fingerprint density at radius 1 is 1.09 bits per heavy atom. The Morgan fingerprint density at radius 3 is 2.50 bits per heavy atom. The van der Waals surface area contributed by atoms with E-state index in [1.54, 1.807) is 37.3 Å². The number of anilines is 2. The molecular formula is C24H19ClFN3O3. The number of carbonyl (C=O) groups is 2. The van der Waals surface area contributed by atoms with Crippen LogP contribution in [0.4, 0.5) is 20.6 Å². The van der Waals surface area contributed by atoms with Gasteiger partial charge in [0.25, 0.3) is 0 Å². The van der Waals surface area contributed by atoms with Crippen molar-refractivity contribution in [2.24, 2.45) is 5.92 Å². The number of nitrogens with one attached hydrogen (secondary N) is 2. The van der Waals surface area contributed by atoms with E-state index in [0.717, 1.165) is 0 Å². The average Bonchev–Trinajstić information content (AvgIpc) is 2.76. The van der Waals surface area contributed by atoms with Gasteiger partial charge in [-0.25, -0.2) is 9.18 Å². The number of hydrogen-bond acceptors (Lipinski definition) is 3. The molecule has 2 bridgehead atoms. The van der Waals surface area contributed by atoms with Crippen molar-refractivity contribution in [3.8, 4) is 5.75 Å². The van der Waals surface area contributed by atoms with Crippen molar-refractivity contribution in [3.05, 3.63) is 89.2 Å². The van der Waals surface area contributed by atoms with Crippen LogP contribution in [0.3, 0.4) is 0 Å². The summed E-state index contributed by atoms with van der Waals surface area (Å²) < 4.78 is 19.9. The zero-order valence-electron chi connectivity index (χ0n) is 17.0. The molecule has 5 rings (SSSR count). The smallest absolute Gasteiger partial charge is 0.325 e. The van der Waals surface area contributed by atoms with Crippen LogP contribution in [0.2, 0.25) is 5.02 Å². The summed E-state index contributed by atoms with van der Waals surface area (Å²) in [5.74, 6) is -0.999. The fraction of sp³-hybridized carbons (Fsp3) is 0.167. The second-order valence-corrected chi connectivity index (χ2v) is 8.34. The van der Waals surface area contributed by atoms with E-state index in [0.29, 0.717) is 27.7 Å². The number of amides is 3. The van der Waals surface area contributed by atoms with E-state index in [1.165, 1.54) is 29.2 Å². The Labute approximate surface area is 188 Å². The number of benzene rings is 3. The van der Waals surface area contributed by atoms with Crippen LogP contribution < -0.4 is 20.3 Å². The molecule has 2 heterocycles. The molecule has 1 saturated heterocycles. The van der Waals surface area contributed by atoms with Crippen molar-refractivity contribution in [2.45, 2.75) is 18.7 Å². The highest BCUT2D eigenvalue weighted by Crippen LogP contribution is 2.49. The first kappa shape index (κ1) is 20.3. The van der Waals surface area contributed by atoms with Gasteiger partial charge < -0.3 is 15.4 Å². The largest absolute Gasteiger partial charge is 0.466 e. The van der Waals surface area contributed by atoms with E-state index in [1.807, 2.05) is 18.2 Å². The van der Waals surface area contributed by atoms with Crippen LogP contribution in [0.1, 0.15) is 18.5 Å². The zero-order valence-corrected chi connectivity index (χ0v) is 17.8. The Balaban J connectivity index is 1.60. The minimum Gasteiger partial charge on any atom is -0.466 e. The number of nitrogens with zero attached hydrogens (tertiary/aromatic N) is 1. The topological polar surface area (TPSA) is 70.7 Å². The molecule has 3 amide bonds. The highest BCUT2D eigenvalue weighted by atomic mass is 35.5. The Bertz CT molecular complexity index is 1200. The van der Waals surface area contributed by atoms with E-state index in [9.17, 15) is 14.0 Å². The third-order valence-corrected chi connectivity index (χ3v) is 6.14. The van der Waals surface area contributed by atoms with Gasteiger partial charge in [-0.1, -0.05) is 29.8 Å². The highest BCUT2D eigenvalue weighted by molar-refractivity contribution is 6.30. The third kappa shape index (κ3) is 3.26. The molecule has 162 valence electrons. The van der Waals surface area contributed by atoms with Crippen LogP contribution in [0, 0.1) is 11.7 Å². The average molecular weight is 452 g/mol. The van der Waals surface area contributed by atoms with E-state index in [4.69, 9.17) is 16.3 Å². The summed E-state index contributed by atoms with van der Waals surface area (Å²) in [5.41, 5.74) is 0.330. The molecule has 3 atom stereocenters. The lowest BCUT2D eigenvalue weighted by Gasteiger charge is -2.54. The second kappa shape index (κ2) is 7.53. The van der Waals surface area contributed by atoms with Gasteiger partial charge in [0.1, 0.15) is 17.5 Å². The van der Waals surface area contributed by atoms with Crippen LogP contribution >= 0.6 is 11.6 Å². The molecule has 2 aliphatic heterocycles. The van der Waals surface area contributed by atoms with Gasteiger partial charge in [0.2, 0.25) is 11.6 Å². The van der Waals surface area contributed by atoms with Crippen LogP contribution in [0.15, 0.2) is 72.8 Å². The van der Waals surface area contributed by atoms with E-state index in [2.05, 4.69) is 10.6 Å². The molecule has 8 heteroatoms. The van der Waals surface area contributed by atoms with Crippen molar-refractivity contribution in [1.82, 2.24) is 5.32 Å². The van der Waals surface area contributed by atoms with Crippen LogP contribution in [-0.4, -0.2) is 17.7 Å². The summed E-state index contributed by atoms with van der Waals surface area (Å²) in [6, 6.07) is 18.5. The molecule has 0 saturated carbocycles. The number of halogens is 2. The minimum atomic E-state index is -1.37. The number of para-hydroxylation sites is 1. The van der Waals surface area contributed by atoms with Gasteiger partial charge in [-0.05, 0) is 61.5 Å². The van der Waals surface area contributed by atoms with E-state index < -0.39 is 29.5 Å². The van der Waals surface area contributed by atoms with Gasteiger partial charge in [-0.3, -0.25) is 9.69 Å². The van der Waals surface area contributed by atoms with Gasteiger partial charge in [0.05, 0.1) is 6.04 Å². The first-order chi connectivity index (χ1) is 15.4. The maximum absolute atomic E-state index is 13.6. The number of hydrogen-bond donors (Lipinski definition) is 2. The fourth-order valence-corrected chi connectivity index (χ4v) is 4.59. The van der Waals surface area contributed by atoms with Crippen molar-refractivity contribution in [2.75, 3.05) is 10.2 Å². The predicted octanol–water partition coefficient (Wildman–Crippen LogP) is 5.11. The number of carbonyl (C=O) groups excluding carboxylic acids is 2. The van der Waals surface area contributed by atoms with Crippen LogP contribution in [-0.2, 0) is 4.79 Å². The molecule has 0 spiro atoms. The quantitative estimate of drug-likeness (QED) is 0.581. The van der Waals surface area contributed by atoms with Crippen molar-refractivity contribution in [1.29, 1.82) is 0 Å². The monoisotopic (exact) mass is 451 g/mol. The summed E-state index contributed by atoms with van der Waals surface area (Å²) in [6.07, 6.45) is 0. The molecule has 2 N–H and O–H groups in total. The SMILES string of the molecule is C[C@@]12Oc3ccccc3[C@@H](NC(=O)N1c1ccc(F)cc1)[C@H]2C(=O)Nc1ccc(Cl)cc1.